The van der Waals surface area contributed by atoms with E-state index in [-0.39, 0.29) is 31.6 Å². The van der Waals surface area contributed by atoms with Gasteiger partial charge in [-0.3, -0.25) is 33.7 Å². The molecule has 2 fully saturated rings. The van der Waals surface area contributed by atoms with Gasteiger partial charge in [-0.1, -0.05) is 0 Å². The van der Waals surface area contributed by atoms with Crippen molar-refractivity contribution in [2.75, 3.05) is 20.3 Å². The largest absolute Gasteiger partial charge is 0.343 e. The summed E-state index contributed by atoms with van der Waals surface area (Å²) in [6.45, 7) is 2.40. The zero-order chi connectivity index (χ0) is 24.4. The predicted molar refractivity (Wildman–Crippen MR) is 107 cm³/mol. The third-order valence-electron chi connectivity index (χ3n) is 6.06. The van der Waals surface area contributed by atoms with E-state index in [2.05, 4.69) is 5.32 Å². The Morgan fingerprint density at radius 2 is 1.88 bits per heavy atom. The number of hydrogen-bond acceptors (Lipinski definition) is 9. The van der Waals surface area contributed by atoms with E-state index in [0.717, 1.165) is 12.0 Å². The molecule has 178 valence electrons. The minimum absolute atomic E-state index is 0.0517. The maximum Gasteiger partial charge on any atom is 0.261 e. The number of nitrogens with zero attached hydrogens (tertiary/aromatic N) is 2. The van der Waals surface area contributed by atoms with E-state index in [4.69, 9.17) is 10.6 Å². The average Bonchev–Trinajstić information content (AvgIpc) is 3.17. The molecule has 32 heavy (non-hydrogen) atoms. The summed E-state index contributed by atoms with van der Waals surface area (Å²) in [6.07, 6.45) is -0.163. The fourth-order valence-corrected chi connectivity index (χ4v) is 4.27. The number of amides is 3. The Hall–Kier alpha value is -2.57. The number of rotatable bonds is 8. The Morgan fingerprint density at radius 1 is 1.25 bits per heavy atom. The van der Waals surface area contributed by atoms with Gasteiger partial charge in [-0.15, -0.1) is 0 Å². The maximum atomic E-state index is 13.9. The van der Waals surface area contributed by atoms with Gasteiger partial charge in [-0.05, 0) is 27.2 Å². The van der Waals surface area contributed by atoms with E-state index in [1.165, 1.54) is 21.0 Å². The third kappa shape index (κ3) is 4.21. The Bertz CT molecular complexity index is 833. The van der Waals surface area contributed by atoms with Crippen LogP contribution in [0.2, 0.25) is 0 Å². The lowest BCUT2D eigenvalue weighted by atomic mass is 9.71. The van der Waals surface area contributed by atoms with E-state index in [1.807, 2.05) is 0 Å². The quantitative estimate of drug-likeness (QED) is 0.423. The molecule has 12 heteroatoms. The molecule has 0 bridgehead atoms. The highest BCUT2D eigenvalue weighted by Gasteiger charge is 2.66. The molecule has 1 aliphatic heterocycles. The van der Waals surface area contributed by atoms with Gasteiger partial charge < -0.3 is 15.9 Å². The number of carbonyl (C=O) groups is 6. The molecule has 2 unspecified atom stereocenters. The van der Waals surface area contributed by atoms with Crippen LogP contribution < -0.4 is 11.1 Å². The monoisotopic (exact) mass is 456 g/mol. The van der Waals surface area contributed by atoms with Crippen molar-refractivity contribution in [2.24, 2.45) is 11.7 Å². The van der Waals surface area contributed by atoms with Gasteiger partial charge in [0, 0.05) is 19.4 Å². The average molecular weight is 456 g/mol. The fourth-order valence-electron chi connectivity index (χ4n) is 4.27. The highest BCUT2D eigenvalue weighted by Crippen LogP contribution is 2.43. The first-order valence-electron chi connectivity index (χ1n) is 10.3. The van der Waals surface area contributed by atoms with Crippen LogP contribution in [0.4, 0.5) is 4.39 Å². The molecule has 0 aromatic rings. The van der Waals surface area contributed by atoms with Crippen molar-refractivity contribution < 1.29 is 38.0 Å². The second-order valence-corrected chi connectivity index (χ2v) is 8.09. The van der Waals surface area contributed by atoms with E-state index in [1.54, 1.807) is 0 Å². The molecule has 0 spiro atoms. The zero-order valence-corrected chi connectivity index (χ0v) is 18.6. The summed E-state index contributed by atoms with van der Waals surface area (Å²) in [6, 6.07) is -3.87. The van der Waals surface area contributed by atoms with Gasteiger partial charge in [0.15, 0.2) is 17.1 Å². The van der Waals surface area contributed by atoms with Crippen molar-refractivity contribution in [3.8, 4) is 0 Å². The fraction of sp³-hybridized carbons (Fsp3) is 0.700. The molecule has 0 aromatic carbocycles. The summed E-state index contributed by atoms with van der Waals surface area (Å²) >= 11 is 0. The molecule has 3 amide bonds. The van der Waals surface area contributed by atoms with Gasteiger partial charge in [0.25, 0.3) is 11.8 Å². The summed E-state index contributed by atoms with van der Waals surface area (Å²) in [5.74, 6) is -6.01. The lowest BCUT2D eigenvalue weighted by Gasteiger charge is -2.43. The van der Waals surface area contributed by atoms with Gasteiger partial charge >= 0.3 is 0 Å². The van der Waals surface area contributed by atoms with E-state index in [9.17, 15) is 33.2 Å². The molecular weight excluding hydrogens is 427 g/mol. The first kappa shape index (κ1) is 25.7. The molecule has 1 saturated carbocycles. The highest BCUT2D eigenvalue weighted by molar-refractivity contribution is 6.21. The van der Waals surface area contributed by atoms with Crippen LogP contribution in [0.1, 0.15) is 40.0 Å². The lowest BCUT2D eigenvalue weighted by Crippen LogP contribution is -2.70. The number of halogens is 1. The summed E-state index contributed by atoms with van der Waals surface area (Å²) in [4.78, 5) is 82.6. The van der Waals surface area contributed by atoms with Gasteiger partial charge in [0.1, 0.15) is 18.5 Å². The SMILES string of the molecule is CON1CCC2C(=O)CCC(=O)[C@@]21C(=O)N(C(=O)[C@H](C)NC(=O)[C@H](C)N)C(C)C(=O)CF. The first-order chi connectivity index (χ1) is 14.9. The number of nitrogens with one attached hydrogen (secondary N) is 1. The van der Waals surface area contributed by atoms with Crippen molar-refractivity contribution in [1.82, 2.24) is 15.3 Å². The van der Waals surface area contributed by atoms with E-state index < -0.39 is 65.5 Å². The zero-order valence-electron chi connectivity index (χ0n) is 18.6. The molecule has 1 heterocycles. The van der Waals surface area contributed by atoms with Crippen LogP contribution in [-0.2, 0) is 33.6 Å². The minimum Gasteiger partial charge on any atom is -0.343 e. The third-order valence-corrected chi connectivity index (χ3v) is 6.06. The molecule has 2 rings (SSSR count). The molecular formula is C20H29FN4O7. The van der Waals surface area contributed by atoms with Crippen LogP contribution in [0.3, 0.4) is 0 Å². The van der Waals surface area contributed by atoms with Gasteiger partial charge in [0.05, 0.1) is 25.1 Å². The van der Waals surface area contributed by atoms with Crippen molar-refractivity contribution in [2.45, 2.75) is 63.7 Å². The Morgan fingerprint density at radius 3 is 2.41 bits per heavy atom. The number of imide groups is 1. The number of ketones is 3. The molecule has 2 aliphatic rings. The Kier molecular flexibility index (Phi) is 7.97. The van der Waals surface area contributed by atoms with Gasteiger partial charge in [-0.25, -0.2) is 4.39 Å². The Balaban J connectivity index is 2.56. The van der Waals surface area contributed by atoms with E-state index >= 15 is 0 Å². The normalized spacial score (nSPS) is 26.1. The second-order valence-electron chi connectivity index (χ2n) is 8.09. The summed E-state index contributed by atoms with van der Waals surface area (Å²) in [5.41, 5.74) is 3.35. The minimum atomic E-state index is -2.14. The second kappa shape index (κ2) is 9.92. The van der Waals surface area contributed by atoms with Crippen LogP contribution in [0.25, 0.3) is 0 Å². The molecule has 0 radical (unpaired) electrons. The summed E-state index contributed by atoms with van der Waals surface area (Å²) in [7, 11) is 1.22. The smallest absolute Gasteiger partial charge is 0.261 e. The first-order valence-corrected chi connectivity index (χ1v) is 10.3. The topological polar surface area (TPSA) is 156 Å². The maximum absolute atomic E-state index is 13.9. The number of Topliss-reactive ketones (excluding diaryl/α,β-unsaturated/α-hetero) is 3. The molecule has 11 nitrogen and oxygen atoms in total. The summed E-state index contributed by atoms with van der Waals surface area (Å²) in [5, 5.41) is 3.38. The number of carbonyl (C=O) groups excluding carboxylic acids is 6. The number of hydroxylamine groups is 2. The molecule has 0 aromatic heterocycles. The van der Waals surface area contributed by atoms with Crippen LogP contribution in [0.5, 0.6) is 0 Å². The van der Waals surface area contributed by atoms with Crippen LogP contribution in [0, 0.1) is 5.92 Å². The highest BCUT2D eigenvalue weighted by atomic mass is 19.1. The van der Waals surface area contributed by atoms with Crippen molar-refractivity contribution in [3.05, 3.63) is 0 Å². The van der Waals surface area contributed by atoms with Crippen molar-refractivity contribution in [1.29, 1.82) is 0 Å². The number of hydrogen-bond donors (Lipinski definition) is 2. The van der Waals surface area contributed by atoms with Crippen LogP contribution >= 0.6 is 0 Å². The molecule has 1 aliphatic carbocycles. The van der Waals surface area contributed by atoms with Crippen LogP contribution in [-0.4, -0.2) is 89.0 Å². The number of nitrogens with two attached hydrogens (primary N) is 1. The van der Waals surface area contributed by atoms with Gasteiger partial charge in [-0.2, -0.15) is 5.06 Å². The molecule has 3 N–H and O–H groups in total. The molecule has 1 saturated heterocycles. The lowest BCUT2D eigenvalue weighted by molar-refractivity contribution is -0.206. The number of fused-ring (bicyclic) bond motifs is 1. The van der Waals surface area contributed by atoms with Crippen molar-refractivity contribution in [3.63, 3.8) is 0 Å². The van der Waals surface area contributed by atoms with Gasteiger partial charge in [0.2, 0.25) is 5.91 Å². The Labute approximate surface area is 184 Å². The standard InChI is InChI=1S/C20H29FN4O7/c1-10(22)17(29)23-11(2)18(30)25(12(3)15(27)9-21)19(31)20-13(7-8-24(20)32-4)14(26)5-6-16(20)28/h10-13H,5-9,22H2,1-4H3,(H,23,29)/t10-,11-,12?,13?,20+/m0/s1. The van der Waals surface area contributed by atoms with E-state index in [0.29, 0.717) is 4.90 Å². The van der Waals surface area contributed by atoms with Crippen molar-refractivity contribution >= 4 is 35.1 Å². The number of alkyl halides is 1. The van der Waals surface area contributed by atoms with Crippen LogP contribution in [0.15, 0.2) is 0 Å². The molecule has 5 atom stereocenters. The summed E-state index contributed by atoms with van der Waals surface area (Å²) < 4.78 is 13.2. The predicted octanol–water partition coefficient (Wildman–Crippen LogP) is -1.33.